The molecule has 1 amide bonds. The molecular formula is C21H35N5O. The molecule has 2 rings (SSSR count). The summed E-state index contributed by atoms with van der Waals surface area (Å²) in [6, 6.07) is 11.2. The Kier molecular flexibility index (Phi) is 8.58. The molecule has 1 aliphatic heterocycles. The number of rotatable bonds is 8. The van der Waals surface area contributed by atoms with Crippen LogP contribution in [0.3, 0.4) is 0 Å². The van der Waals surface area contributed by atoms with Crippen LogP contribution in [0.15, 0.2) is 35.3 Å². The van der Waals surface area contributed by atoms with Crippen LogP contribution in [0, 0.1) is 0 Å². The van der Waals surface area contributed by atoms with E-state index in [0.29, 0.717) is 12.5 Å². The first-order valence-corrected chi connectivity index (χ1v) is 10.1. The number of nitrogens with one attached hydrogen (secondary N) is 2. The third-order valence-electron chi connectivity index (χ3n) is 5.03. The first-order valence-electron chi connectivity index (χ1n) is 10.1. The van der Waals surface area contributed by atoms with Gasteiger partial charge >= 0.3 is 0 Å². The lowest BCUT2D eigenvalue weighted by Gasteiger charge is -2.24. The van der Waals surface area contributed by atoms with Gasteiger partial charge in [0.1, 0.15) is 0 Å². The van der Waals surface area contributed by atoms with E-state index < -0.39 is 0 Å². The highest BCUT2D eigenvalue weighted by atomic mass is 16.2. The highest BCUT2D eigenvalue weighted by molar-refractivity contribution is 5.80. The number of hydrogen-bond donors (Lipinski definition) is 2. The number of nitrogens with zero attached hydrogens (tertiary/aromatic N) is 3. The van der Waals surface area contributed by atoms with E-state index in [-0.39, 0.29) is 11.9 Å². The SMILES string of the molecule is CCNC(=NCC(Cc1ccccc1)N(C)C)NC1CCN(C(=O)CC)C1. The molecule has 0 radical (unpaired) electrons. The van der Waals surface area contributed by atoms with Crippen LogP contribution in [-0.4, -0.2) is 74.0 Å². The summed E-state index contributed by atoms with van der Waals surface area (Å²) in [6.45, 7) is 7.13. The highest BCUT2D eigenvalue weighted by Crippen LogP contribution is 2.11. The number of likely N-dealkylation sites (N-methyl/N-ethyl adjacent to an activating group) is 1. The highest BCUT2D eigenvalue weighted by Gasteiger charge is 2.25. The molecule has 1 heterocycles. The van der Waals surface area contributed by atoms with Crippen LogP contribution in [0.2, 0.25) is 0 Å². The lowest BCUT2D eigenvalue weighted by Crippen LogP contribution is -2.45. The minimum Gasteiger partial charge on any atom is -0.357 e. The van der Waals surface area contributed by atoms with E-state index in [1.807, 2.05) is 17.9 Å². The van der Waals surface area contributed by atoms with E-state index in [1.54, 1.807) is 0 Å². The van der Waals surface area contributed by atoms with Gasteiger partial charge < -0.3 is 20.4 Å². The summed E-state index contributed by atoms with van der Waals surface area (Å²) in [5.41, 5.74) is 1.33. The molecule has 0 aliphatic carbocycles. The maximum atomic E-state index is 11.9. The average Bonchev–Trinajstić information content (AvgIpc) is 3.13. The van der Waals surface area contributed by atoms with Crippen LogP contribution in [0.4, 0.5) is 0 Å². The summed E-state index contributed by atoms with van der Waals surface area (Å²) < 4.78 is 0. The van der Waals surface area contributed by atoms with Gasteiger partial charge in [0.15, 0.2) is 5.96 Å². The summed E-state index contributed by atoms with van der Waals surface area (Å²) >= 11 is 0. The summed E-state index contributed by atoms with van der Waals surface area (Å²) in [4.78, 5) is 20.9. The quantitative estimate of drug-likeness (QED) is 0.538. The Balaban J connectivity index is 1.95. The van der Waals surface area contributed by atoms with E-state index in [9.17, 15) is 4.79 Å². The minimum atomic E-state index is 0.233. The van der Waals surface area contributed by atoms with Gasteiger partial charge in [0.25, 0.3) is 0 Å². The van der Waals surface area contributed by atoms with Gasteiger partial charge in [-0.2, -0.15) is 0 Å². The van der Waals surface area contributed by atoms with Crippen molar-refractivity contribution in [2.75, 3.05) is 40.3 Å². The van der Waals surface area contributed by atoms with Crippen molar-refractivity contribution >= 4 is 11.9 Å². The normalized spacial score (nSPS) is 18.6. The van der Waals surface area contributed by atoms with E-state index >= 15 is 0 Å². The van der Waals surface area contributed by atoms with E-state index in [1.165, 1.54) is 5.56 Å². The van der Waals surface area contributed by atoms with Gasteiger partial charge in [-0.25, -0.2) is 0 Å². The summed E-state index contributed by atoms with van der Waals surface area (Å²) in [7, 11) is 4.21. The number of likely N-dealkylation sites (tertiary alicyclic amines) is 1. The van der Waals surface area contributed by atoms with Gasteiger partial charge in [-0.05, 0) is 39.4 Å². The third kappa shape index (κ3) is 6.86. The van der Waals surface area contributed by atoms with Crippen LogP contribution in [0.25, 0.3) is 0 Å². The van der Waals surface area contributed by atoms with Crippen LogP contribution in [0.1, 0.15) is 32.3 Å². The molecular weight excluding hydrogens is 338 g/mol. The molecule has 150 valence electrons. The zero-order valence-electron chi connectivity index (χ0n) is 17.2. The summed E-state index contributed by atoms with van der Waals surface area (Å²) in [6.07, 6.45) is 2.51. The molecule has 1 aliphatic rings. The van der Waals surface area contributed by atoms with Gasteiger partial charge in [0.2, 0.25) is 5.91 Å². The Bertz CT molecular complexity index is 602. The Morgan fingerprint density at radius 2 is 2.04 bits per heavy atom. The molecule has 6 heteroatoms. The lowest BCUT2D eigenvalue weighted by molar-refractivity contribution is -0.129. The predicted molar refractivity (Wildman–Crippen MR) is 112 cm³/mol. The van der Waals surface area contributed by atoms with Crippen molar-refractivity contribution in [3.8, 4) is 0 Å². The zero-order chi connectivity index (χ0) is 19.6. The van der Waals surface area contributed by atoms with Crippen molar-refractivity contribution in [3.63, 3.8) is 0 Å². The maximum Gasteiger partial charge on any atom is 0.222 e. The zero-order valence-corrected chi connectivity index (χ0v) is 17.2. The summed E-state index contributed by atoms with van der Waals surface area (Å²) in [5.74, 6) is 1.07. The van der Waals surface area contributed by atoms with E-state index in [4.69, 9.17) is 4.99 Å². The number of hydrogen-bond acceptors (Lipinski definition) is 3. The molecule has 1 saturated heterocycles. The van der Waals surface area contributed by atoms with Gasteiger partial charge in [-0.3, -0.25) is 9.79 Å². The second-order valence-electron chi connectivity index (χ2n) is 7.35. The fourth-order valence-corrected chi connectivity index (χ4v) is 3.33. The van der Waals surface area contributed by atoms with Gasteiger partial charge in [-0.1, -0.05) is 37.3 Å². The molecule has 27 heavy (non-hydrogen) atoms. The topological polar surface area (TPSA) is 60.0 Å². The molecule has 1 aromatic rings. The van der Waals surface area contributed by atoms with Gasteiger partial charge in [0.05, 0.1) is 6.54 Å². The van der Waals surface area contributed by atoms with Crippen molar-refractivity contribution < 1.29 is 4.79 Å². The van der Waals surface area contributed by atoms with Crippen molar-refractivity contribution in [3.05, 3.63) is 35.9 Å². The Hall–Kier alpha value is -2.08. The molecule has 1 fully saturated rings. The van der Waals surface area contributed by atoms with Crippen LogP contribution in [-0.2, 0) is 11.2 Å². The largest absolute Gasteiger partial charge is 0.357 e. The molecule has 6 nitrogen and oxygen atoms in total. The lowest BCUT2D eigenvalue weighted by atomic mass is 10.1. The third-order valence-corrected chi connectivity index (χ3v) is 5.03. The number of amides is 1. The summed E-state index contributed by atoms with van der Waals surface area (Å²) in [5, 5.41) is 6.85. The van der Waals surface area contributed by atoms with Crippen molar-refractivity contribution in [1.29, 1.82) is 0 Å². The molecule has 0 saturated carbocycles. The standard InChI is InChI=1S/C21H35N5O/c1-5-20(27)26-13-12-18(16-26)24-21(22-6-2)23-15-19(25(3)4)14-17-10-8-7-9-11-17/h7-11,18-19H,5-6,12-16H2,1-4H3,(H2,22,23,24). The second kappa shape index (κ2) is 10.9. The van der Waals surface area contributed by atoms with E-state index in [0.717, 1.165) is 45.0 Å². The van der Waals surface area contributed by atoms with Gasteiger partial charge in [-0.15, -0.1) is 0 Å². The molecule has 0 aromatic heterocycles. The smallest absolute Gasteiger partial charge is 0.222 e. The number of carbonyl (C=O) groups is 1. The number of aliphatic imine (C=N–C) groups is 1. The first-order chi connectivity index (χ1) is 13.0. The predicted octanol–water partition coefficient (Wildman–Crippen LogP) is 1.73. The molecule has 2 unspecified atom stereocenters. The number of carbonyl (C=O) groups excluding carboxylic acids is 1. The maximum absolute atomic E-state index is 11.9. The van der Waals surface area contributed by atoms with E-state index in [2.05, 4.69) is 60.8 Å². The van der Waals surface area contributed by atoms with Crippen LogP contribution in [0.5, 0.6) is 0 Å². The molecule has 1 aromatic carbocycles. The van der Waals surface area contributed by atoms with Crippen molar-refractivity contribution in [2.24, 2.45) is 4.99 Å². The number of guanidine groups is 1. The first kappa shape index (κ1) is 21.2. The fraction of sp³-hybridized carbons (Fsp3) is 0.619. The van der Waals surface area contributed by atoms with Crippen LogP contribution < -0.4 is 10.6 Å². The van der Waals surface area contributed by atoms with Crippen molar-refractivity contribution in [2.45, 2.75) is 45.2 Å². The average molecular weight is 374 g/mol. The molecule has 2 atom stereocenters. The van der Waals surface area contributed by atoms with Gasteiger partial charge in [0, 0.05) is 38.1 Å². The Morgan fingerprint density at radius 3 is 2.67 bits per heavy atom. The molecule has 0 spiro atoms. The Morgan fingerprint density at radius 1 is 1.30 bits per heavy atom. The minimum absolute atomic E-state index is 0.233. The van der Waals surface area contributed by atoms with Crippen LogP contribution >= 0.6 is 0 Å². The van der Waals surface area contributed by atoms with Crippen molar-refractivity contribution in [1.82, 2.24) is 20.4 Å². The fourth-order valence-electron chi connectivity index (χ4n) is 3.33. The molecule has 0 bridgehead atoms. The second-order valence-corrected chi connectivity index (χ2v) is 7.35. The Labute approximate surface area is 164 Å². The number of benzene rings is 1. The molecule has 2 N–H and O–H groups in total. The monoisotopic (exact) mass is 373 g/mol.